The van der Waals surface area contributed by atoms with Crippen LogP contribution in [0.25, 0.3) is 0 Å². The highest BCUT2D eigenvalue weighted by Crippen LogP contribution is 2.19. The van der Waals surface area contributed by atoms with Gasteiger partial charge in [0.25, 0.3) is 0 Å². The predicted octanol–water partition coefficient (Wildman–Crippen LogP) is 2.62. The topological polar surface area (TPSA) is 28.4 Å². The van der Waals surface area contributed by atoms with Gasteiger partial charge in [0.2, 0.25) is 0 Å². The minimum absolute atomic E-state index is 0.700. The van der Waals surface area contributed by atoms with E-state index < -0.39 is 0 Å². The van der Waals surface area contributed by atoms with Crippen molar-refractivity contribution < 1.29 is 4.42 Å². The molecular weight excluding hydrogens is 212 g/mol. The Kier molecular flexibility index (Phi) is 4.24. The molecule has 3 heteroatoms. The van der Waals surface area contributed by atoms with Crippen molar-refractivity contribution in [3.05, 3.63) is 23.7 Å². The van der Waals surface area contributed by atoms with Gasteiger partial charge in [0.05, 0.1) is 12.8 Å². The molecule has 0 spiro atoms. The number of hydrogen-bond donors (Lipinski definition) is 1. The Bertz CT molecular complexity index is 342. The fourth-order valence-corrected chi connectivity index (χ4v) is 2.11. The van der Waals surface area contributed by atoms with Gasteiger partial charge < -0.3 is 9.73 Å². The molecule has 1 N–H and O–H groups in total. The summed E-state index contributed by atoms with van der Waals surface area (Å²) < 4.78 is 5.59. The molecule has 1 aromatic heterocycles. The normalized spacial score (nSPS) is 16.1. The summed E-state index contributed by atoms with van der Waals surface area (Å²) in [4.78, 5) is 2.31. The van der Waals surface area contributed by atoms with Gasteiger partial charge >= 0.3 is 0 Å². The third kappa shape index (κ3) is 4.52. The Morgan fingerprint density at radius 2 is 2.24 bits per heavy atom. The molecule has 0 unspecified atom stereocenters. The van der Waals surface area contributed by atoms with Crippen LogP contribution in [0.15, 0.2) is 16.7 Å². The Hall–Kier alpha value is -0.800. The minimum Gasteiger partial charge on any atom is -0.468 e. The molecule has 2 rings (SSSR count). The molecule has 0 atom stereocenters. The van der Waals surface area contributed by atoms with E-state index in [9.17, 15) is 0 Å². The van der Waals surface area contributed by atoms with Crippen LogP contribution in [-0.4, -0.2) is 24.5 Å². The molecule has 96 valence electrons. The van der Waals surface area contributed by atoms with E-state index in [1.165, 1.54) is 18.4 Å². The maximum absolute atomic E-state index is 5.59. The molecule has 1 aromatic rings. The number of nitrogens with one attached hydrogen (secondary N) is 1. The van der Waals surface area contributed by atoms with Crippen LogP contribution in [0.2, 0.25) is 0 Å². The van der Waals surface area contributed by atoms with Gasteiger partial charge in [0, 0.05) is 24.7 Å². The first-order valence-corrected chi connectivity index (χ1v) is 6.61. The SMILES string of the molecule is CC(C)CN(C)Cc1cc(CNC2CC2)co1. The average Bonchev–Trinajstić information content (AvgIpc) is 2.96. The fraction of sp³-hybridized carbons (Fsp3) is 0.714. The Morgan fingerprint density at radius 3 is 2.88 bits per heavy atom. The van der Waals surface area contributed by atoms with Crippen LogP contribution in [0.5, 0.6) is 0 Å². The molecule has 1 heterocycles. The number of hydrogen-bond acceptors (Lipinski definition) is 3. The van der Waals surface area contributed by atoms with Gasteiger partial charge in [-0.2, -0.15) is 0 Å². The Balaban J connectivity index is 1.76. The average molecular weight is 236 g/mol. The maximum atomic E-state index is 5.59. The minimum atomic E-state index is 0.700. The van der Waals surface area contributed by atoms with Gasteiger partial charge in [-0.15, -0.1) is 0 Å². The molecule has 1 aliphatic rings. The number of furan rings is 1. The molecule has 0 aromatic carbocycles. The van der Waals surface area contributed by atoms with E-state index in [0.717, 1.165) is 31.4 Å². The van der Waals surface area contributed by atoms with E-state index >= 15 is 0 Å². The first-order chi connectivity index (χ1) is 8.13. The van der Waals surface area contributed by atoms with Crippen molar-refractivity contribution in [2.24, 2.45) is 5.92 Å². The van der Waals surface area contributed by atoms with Crippen molar-refractivity contribution in [2.75, 3.05) is 13.6 Å². The van der Waals surface area contributed by atoms with Gasteiger partial charge in [-0.05, 0) is 31.9 Å². The standard InChI is InChI=1S/C14H24N2O/c1-11(2)8-16(3)9-14-6-12(10-17-14)7-15-13-4-5-13/h6,10-11,13,15H,4-5,7-9H2,1-3H3. The van der Waals surface area contributed by atoms with Crippen molar-refractivity contribution in [1.29, 1.82) is 0 Å². The summed E-state index contributed by atoms with van der Waals surface area (Å²) in [7, 11) is 2.14. The van der Waals surface area contributed by atoms with Crippen LogP contribution in [-0.2, 0) is 13.1 Å². The van der Waals surface area contributed by atoms with E-state index in [0.29, 0.717) is 5.92 Å². The van der Waals surface area contributed by atoms with E-state index in [2.05, 4.69) is 37.2 Å². The lowest BCUT2D eigenvalue weighted by Crippen LogP contribution is -2.22. The number of rotatable bonds is 7. The summed E-state index contributed by atoms with van der Waals surface area (Å²) in [6, 6.07) is 2.93. The quantitative estimate of drug-likeness (QED) is 0.789. The summed E-state index contributed by atoms with van der Waals surface area (Å²) in [5.41, 5.74) is 1.27. The van der Waals surface area contributed by atoms with Gasteiger partial charge in [-0.3, -0.25) is 4.90 Å². The van der Waals surface area contributed by atoms with Gasteiger partial charge in [0.15, 0.2) is 0 Å². The molecule has 0 saturated heterocycles. The summed E-state index contributed by atoms with van der Waals surface area (Å²) in [5.74, 6) is 1.77. The Labute approximate surface area is 104 Å². The second kappa shape index (κ2) is 5.69. The van der Waals surface area contributed by atoms with Crippen molar-refractivity contribution >= 4 is 0 Å². The summed E-state index contributed by atoms with van der Waals surface area (Å²) in [6.45, 7) is 7.44. The van der Waals surface area contributed by atoms with E-state index in [4.69, 9.17) is 4.42 Å². The molecule has 0 amide bonds. The first-order valence-electron chi connectivity index (χ1n) is 6.61. The first kappa shape index (κ1) is 12.7. The second-order valence-corrected chi connectivity index (χ2v) is 5.67. The molecule has 3 nitrogen and oxygen atoms in total. The maximum Gasteiger partial charge on any atom is 0.118 e. The monoisotopic (exact) mass is 236 g/mol. The smallest absolute Gasteiger partial charge is 0.118 e. The van der Waals surface area contributed by atoms with Crippen LogP contribution in [0.1, 0.15) is 38.0 Å². The lowest BCUT2D eigenvalue weighted by Gasteiger charge is -2.17. The fourth-order valence-electron chi connectivity index (χ4n) is 2.11. The van der Waals surface area contributed by atoms with E-state index in [1.807, 2.05) is 6.26 Å². The van der Waals surface area contributed by atoms with E-state index in [-0.39, 0.29) is 0 Å². The molecule has 0 radical (unpaired) electrons. The van der Waals surface area contributed by atoms with E-state index in [1.54, 1.807) is 0 Å². The third-order valence-corrected chi connectivity index (χ3v) is 2.98. The molecule has 17 heavy (non-hydrogen) atoms. The highest BCUT2D eigenvalue weighted by molar-refractivity contribution is 5.13. The van der Waals surface area contributed by atoms with Crippen LogP contribution in [0, 0.1) is 5.92 Å². The molecule has 0 bridgehead atoms. The van der Waals surface area contributed by atoms with Gasteiger partial charge in [-0.25, -0.2) is 0 Å². The van der Waals surface area contributed by atoms with Gasteiger partial charge in [0.1, 0.15) is 5.76 Å². The molecule has 1 aliphatic carbocycles. The van der Waals surface area contributed by atoms with Crippen LogP contribution >= 0.6 is 0 Å². The molecule has 0 aliphatic heterocycles. The molecule has 1 saturated carbocycles. The molecule has 1 fully saturated rings. The summed E-state index contributed by atoms with van der Waals surface area (Å²) >= 11 is 0. The second-order valence-electron chi connectivity index (χ2n) is 5.67. The summed E-state index contributed by atoms with van der Waals surface area (Å²) in [6.07, 6.45) is 4.55. The van der Waals surface area contributed by atoms with Crippen molar-refractivity contribution in [1.82, 2.24) is 10.2 Å². The predicted molar refractivity (Wildman–Crippen MR) is 69.7 cm³/mol. The zero-order chi connectivity index (χ0) is 12.3. The lowest BCUT2D eigenvalue weighted by molar-refractivity contribution is 0.265. The van der Waals surface area contributed by atoms with Crippen molar-refractivity contribution in [3.63, 3.8) is 0 Å². The van der Waals surface area contributed by atoms with Crippen LogP contribution in [0.3, 0.4) is 0 Å². The highest BCUT2D eigenvalue weighted by atomic mass is 16.3. The number of nitrogens with zero attached hydrogens (tertiary/aromatic N) is 1. The largest absolute Gasteiger partial charge is 0.468 e. The summed E-state index contributed by atoms with van der Waals surface area (Å²) in [5, 5.41) is 3.50. The van der Waals surface area contributed by atoms with Crippen LogP contribution < -0.4 is 5.32 Å². The zero-order valence-corrected chi connectivity index (χ0v) is 11.2. The van der Waals surface area contributed by atoms with Crippen LogP contribution in [0.4, 0.5) is 0 Å². The van der Waals surface area contributed by atoms with Gasteiger partial charge in [-0.1, -0.05) is 13.8 Å². The zero-order valence-electron chi connectivity index (χ0n) is 11.2. The van der Waals surface area contributed by atoms with Crippen molar-refractivity contribution in [3.8, 4) is 0 Å². The lowest BCUT2D eigenvalue weighted by atomic mass is 10.2. The third-order valence-electron chi connectivity index (χ3n) is 2.98. The Morgan fingerprint density at radius 1 is 1.47 bits per heavy atom. The van der Waals surface area contributed by atoms with Crippen molar-refractivity contribution in [2.45, 2.75) is 45.8 Å². The highest BCUT2D eigenvalue weighted by Gasteiger charge is 2.20. The molecular formula is C14H24N2O.